The van der Waals surface area contributed by atoms with Crippen molar-refractivity contribution < 1.29 is 8.42 Å². The molecule has 1 aromatic heterocycles. The van der Waals surface area contributed by atoms with Crippen molar-refractivity contribution >= 4 is 16.1 Å². The van der Waals surface area contributed by atoms with Crippen LogP contribution in [-0.4, -0.2) is 62.2 Å². The Balaban J connectivity index is 2.15. The third-order valence-electron chi connectivity index (χ3n) is 3.08. The summed E-state index contributed by atoms with van der Waals surface area (Å²) in [6.07, 6.45) is 5.11. The number of sulfone groups is 1. The lowest BCUT2D eigenvalue weighted by Gasteiger charge is -2.21. The molecule has 1 aliphatic heterocycles. The van der Waals surface area contributed by atoms with Crippen LogP contribution in [0.2, 0.25) is 0 Å². The van der Waals surface area contributed by atoms with Gasteiger partial charge in [-0.3, -0.25) is 9.98 Å². The Morgan fingerprint density at radius 2 is 2.00 bits per heavy atom. The number of rotatable bonds is 3. The van der Waals surface area contributed by atoms with Gasteiger partial charge in [0.1, 0.15) is 0 Å². The van der Waals surface area contributed by atoms with Gasteiger partial charge in [0.15, 0.2) is 9.84 Å². The maximum atomic E-state index is 11.7. The van der Waals surface area contributed by atoms with E-state index in [1.54, 1.807) is 18.6 Å². The van der Waals surface area contributed by atoms with Crippen LogP contribution in [-0.2, 0) is 9.84 Å². The molecule has 0 aromatic carbocycles. The summed E-state index contributed by atoms with van der Waals surface area (Å²) in [5, 5.41) is 0. The van der Waals surface area contributed by atoms with Gasteiger partial charge < -0.3 is 4.90 Å². The molecule has 0 radical (unpaired) electrons. The maximum absolute atomic E-state index is 11.7. The van der Waals surface area contributed by atoms with Crippen LogP contribution in [0.4, 0.5) is 0 Å². The van der Waals surface area contributed by atoms with Crippen LogP contribution in [0.1, 0.15) is 5.56 Å². The number of aliphatic imine (C=N–C) groups is 1. The van der Waals surface area contributed by atoms with E-state index >= 15 is 0 Å². The molecule has 1 aliphatic rings. The number of nitrogens with zero attached hydrogens (tertiary/aromatic N) is 3. The van der Waals surface area contributed by atoms with Crippen LogP contribution in [0.15, 0.2) is 29.5 Å². The fourth-order valence-corrected chi connectivity index (χ4v) is 4.08. The Morgan fingerprint density at radius 1 is 1.33 bits per heavy atom. The second kappa shape index (κ2) is 5.16. The van der Waals surface area contributed by atoms with E-state index in [2.05, 4.69) is 9.98 Å². The monoisotopic (exact) mass is 267 g/mol. The topological polar surface area (TPSA) is 62.6 Å². The quantitative estimate of drug-likeness (QED) is 0.735. The fraction of sp³-hybridized carbons (Fsp3) is 0.500. The summed E-state index contributed by atoms with van der Waals surface area (Å²) >= 11 is 0. The lowest BCUT2D eigenvalue weighted by molar-refractivity contribution is 0.297. The maximum Gasteiger partial charge on any atom is 0.154 e. The SMILES string of the molecule is CN(C)[C@H]1CS(=O)(=O)C[C@@H]1N=Cc1ccncc1. The van der Waals surface area contributed by atoms with Crippen LogP contribution < -0.4 is 0 Å². The highest BCUT2D eigenvalue weighted by molar-refractivity contribution is 7.91. The molecule has 2 rings (SSSR count). The molecule has 1 saturated heterocycles. The predicted octanol–water partition coefficient (Wildman–Crippen LogP) is 0.228. The molecule has 1 fully saturated rings. The summed E-state index contributed by atoms with van der Waals surface area (Å²) < 4.78 is 23.3. The van der Waals surface area contributed by atoms with Gasteiger partial charge in [-0.1, -0.05) is 0 Å². The lowest BCUT2D eigenvalue weighted by Crippen LogP contribution is -2.37. The summed E-state index contributed by atoms with van der Waals surface area (Å²) in [5.74, 6) is 0.329. The Hall–Kier alpha value is -1.27. The lowest BCUT2D eigenvalue weighted by atomic mass is 10.1. The number of likely N-dealkylation sites (N-methyl/N-ethyl adjacent to an activating group) is 1. The summed E-state index contributed by atoms with van der Waals surface area (Å²) in [5.41, 5.74) is 0.937. The second-order valence-corrected chi connectivity index (χ2v) is 6.89. The van der Waals surface area contributed by atoms with Gasteiger partial charge in [-0.15, -0.1) is 0 Å². The zero-order valence-corrected chi connectivity index (χ0v) is 11.3. The summed E-state index contributed by atoms with van der Waals surface area (Å²) in [7, 11) is 0.817. The van der Waals surface area contributed by atoms with E-state index in [1.807, 2.05) is 31.1 Å². The predicted molar refractivity (Wildman–Crippen MR) is 71.7 cm³/mol. The summed E-state index contributed by atoms with van der Waals surface area (Å²) in [6.45, 7) is 0. The molecule has 2 heterocycles. The molecular formula is C12H17N3O2S. The molecule has 6 heteroatoms. The Labute approximate surface area is 107 Å². The number of pyridine rings is 1. The summed E-state index contributed by atoms with van der Waals surface area (Å²) in [6, 6.07) is 3.47. The van der Waals surface area contributed by atoms with Crippen molar-refractivity contribution in [2.45, 2.75) is 12.1 Å². The minimum atomic E-state index is -2.96. The van der Waals surface area contributed by atoms with E-state index in [-0.39, 0.29) is 23.6 Å². The van der Waals surface area contributed by atoms with Gasteiger partial charge in [-0.05, 0) is 31.8 Å². The van der Waals surface area contributed by atoms with E-state index in [9.17, 15) is 8.42 Å². The van der Waals surface area contributed by atoms with Crippen molar-refractivity contribution in [1.29, 1.82) is 0 Å². The molecule has 0 unspecified atom stereocenters. The van der Waals surface area contributed by atoms with Gasteiger partial charge in [-0.25, -0.2) is 8.42 Å². The second-order valence-electron chi connectivity index (χ2n) is 4.73. The summed E-state index contributed by atoms with van der Waals surface area (Å²) in [4.78, 5) is 10.3. The van der Waals surface area contributed by atoms with Crippen molar-refractivity contribution in [2.24, 2.45) is 4.99 Å². The third-order valence-corrected chi connectivity index (χ3v) is 4.78. The van der Waals surface area contributed by atoms with E-state index in [4.69, 9.17) is 0 Å². The van der Waals surface area contributed by atoms with E-state index in [0.29, 0.717) is 0 Å². The van der Waals surface area contributed by atoms with Crippen molar-refractivity contribution in [3.8, 4) is 0 Å². The highest BCUT2D eigenvalue weighted by Crippen LogP contribution is 2.19. The molecule has 0 N–H and O–H groups in total. The van der Waals surface area contributed by atoms with E-state index < -0.39 is 9.84 Å². The number of aromatic nitrogens is 1. The van der Waals surface area contributed by atoms with E-state index in [1.165, 1.54) is 0 Å². The average molecular weight is 267 g/mol. The fourth-order valence-electron chi connectivity index (χ4n) is 2.08. The molecule has 0 saturated carbocycles. The normalized spacial score (nSPS) is 27.1. The molecule has 0 aliphatic carbocycles. The van der Waals surface area contributed by atoms with Gasteiger partial charge >= 0.3 is 0 Å². The molecule has 98 valence electrons. The highest BCUT2D eigenvalue weighted by Gasteiger charge is 2.38. The largest absolute Gasteiger partial charge is 0.303 e. The van der Waals surface area contributed by atoms with Crippen LogP contribution in [0.5, 0.6) is 0 Å². The molecule has 18 heavy (non-hydrogen) atoms. The molecule has 5 nitrogen and oxygen atoms in total. The van der Waals surface area contributed by atoms with E-state index in [0.717, 1.165) is 5.56 Å². The first-order chi connectivity index (χ1) is 8.48. The zero-order valence-electron chi connectivity index (χ0n) is 10.5. The van der Waals surface area contributed by atoms with Gasteiger partial charge in [0.05, 0.1) is 17.5 Å². The van der Waals surface area contributed by atoms with Crippen LogP contribution >= 0.6 is 0 Å². The van der Waals surface area contributed by atoms with Crippen molar-refractivity contribution in [2.75, 3.05) is 25.6 Å². The number of hydrogen-bond donors (Lipinski definition) is 0. The van der Waals surface area contributed by atoms with Crippen LogP contribution in [0.3, 0.4) is 0 Å². The van der Waals surface area contributed by atoms with Gasteiger partial charge in [-0.2, -0.15) is 0 Å². The smallest absolute Gasteiger partial charge is 0.154 e. The van der Waals surface area contributed by atoms with Gasteiger partial charge in [0.25, 0.3) is 0 Å². The first kappa shape index (κ1) is 13.2. The standard InChI is InChI=1S/C12H17N3O2S/c1-15(2)12-9-18(16,17)8-11(12)14-7-10-3-5-13-6-4-10/h3-7,11-12H,8-9H2,1-2H3/t11-,12-/m0/s1. The molecule has 0 spiro atoms. The molecule has 0 bridgehead atoms. The number of hydrogen-bond acceptors (Lipinski definition) is 5. The molecule has 2 atom stereocenters. The van der Waals surface area contributed by atoms with Crippen molar-refractivity contribution in [1.82, 2.24) is 9.88 Å². The van der Waals surface area contributed by atoms with Gasteiger partial charge in [0.2, 0.25) is 0 Å². The van der Waals surface area contributed by atoms with Crippen molar-refractivity contribution in [3.05, 3.63) is 30.1 Å². The van der Waals surface area contributed by atoms with Crippen LogP contribution in [0.25, 0.3) is 0 Å². The molecule has 1 aromatic rings. The minimum absolute atomic E-state index is 0.0342. The Bertz CT molecular complexity index is 526. The zero-order chi connectivity index (χ0) is 13.2. The first-order valence-corrected chi connectivity index (χ1v) is 7.60. The van der Waals surface area contributed by atoms with Crippen molar-refractivity contribution in [3.63, 3.8) is 0 Å². The van der Waals surface area contributed by atoms with Crippen LogP contribution in [0, 0.1) is 0 Å². The average Bonchev–Trinajstić information content (AvgIpc) is 2.64. The Kier molecular flexibility index (Phi) is 3.77. The third kappa shape index (κ3) is 3.14. The molecular weight excluding hydrogens is 250 g/mol. The molecule has 0 amide bonds. The Morgan fingerprint density at radius 3 is 2.61 bits per heavy atom. The first-order valence-electron chi connectivity index (χ1n) is 5.78. The van der Waals surface area contributed by atoms with Gasteiger partial charge in [0, 0.05) is 24.7 Å². The minimum Gasteiger partial charge on any atom is -0.303 e. The highest BCUT2D eigenvalue weighted by atomic mass is 32.2.